The van der Waals surface area contributed by atoms with Crippen LogP contribution < -0.4 is 29.0 Å². The Labute approximate surface area is 177 Å². The summed E-state index contributed by atoms with van der Waals surface area (Å²) in [6.45, 7) is 1.68. The lowest BCUT2D eigenvalue weighted by molar-refractivity contribution is -0.115. The minimum Gasteiger partial charge on any atom is -0.495 e. The second kappa shape index (κ2) is 10.0. The van der Waals surface area contributed by atoms with E-state index in [4.69, 9.17) is 23.7 Å². The first-order chi connectivity index (χ1) is 13.8. The Kier molecular flexibility index (Phi) is 7.72. The monoisotopic (exact) mass is 467 g/mol. The molecule has 0 spiro atoms. The maximum absolute atomic E-state index is 12.6. The molecule has 29 heavy (non-hydrogen) atoms. The maximum atomic E-state index is 12.6. The normalized spacial score (nSPS) is 11.2. The molecule has 0 heterocycles. The highest BCUT2D eigenvalue weighted by Crippen LogP contribution is 2.41. The molecule has 156 valence electrons. The molecule has 0 saturated heterocycles. The van der Waals surface area contributed by atoms with E-state index in [1.807, 2.05) is 0 Å². The van der Waals surface area contributed by atoms with Gasteiger partial charge < -0.3 is 29.0 Å². The van der Waals surface area contributed by atoms with Crippen LogP contribution in [0.1, 0.15) is 17.3 Å². The molecule has 2 aromatic rings. The van der Waals surface area contributed by atoms with Crippen molar-refractivity contribution >= 4 is 33.5 Å². The van der Waals surface area contributed by atoms with Gasteiger partial charge in [0.05, 0.1) is 44.5 Å². The van der Waals surface area contributed by atoms with E-state index in [0.29, 0.717) is 28.7 Å². The minimum absolute atomic E-state index is 0.208. The summed E-state index contributed by atoms with van der Waals surface area (Å²) < 4.78 is 26.5. The van der Waals surface area contributed by atoms with E-state index in [-0.39, 0.29) is 17.2 Å². The lowest BCUT2D eigenvalue weighted by Gasteiger charge is -2.15. The average Bonchev–Trinajstić information content (AvgIpc) is 2.72. The summed E-state index contributed by atoms with van der Waals surface area (Å²) >= 11 is 3.20. The summed E-state index contributed by atoms with van der Waals surface area (Å²) in [6.07, 6.45) is 0. The zero-order chi connectivity index (χ0) is 21.6. The van der Waals surface area contributed by atoms with E-state index in [2.05, 4.69) is 21.2 Å². The van der Waals surface area contributed by atoms with Crippen molar-refractivity contribution in [1.29, 1.82) is 0 Å². The van der Waals surface area contributed by atoms with Crippen molar-refractivity contribution in [1.82, 2.24) is 0 Å². The average molecular weight is 468 g/mol. The number of carbonyl (C=O) groups excluding carboxylic acids is 2. The highest BCUT2D eigenvalue weighted by Gasteiger charge is 2.19. The fraction of sp³-hybridized carbons (Fsp3) is 0.300. The number of alkyl halides is 1. The van der Waals surface area contributed by atoms with Crippen LogP contribution in [0.5, 0.6) is 28.7 Å². The number of nitrogens with one attached hydrogen (secondary N) is 1. The number of carbonyl (C=O) groups is 2. The summed E-state index contributed by atoms with van der Waals surface area (Å²) in [5.41, 5.74) is 0.570. The Morgan fingerprint density at radius 3 is 1.97 bits per heavy atom. The lowest BCUT2D eigenvalue weighted by atomic mass is 10.1. The first kappa shape index (κ1) is 22.4. The second-order valence-corrected chi connectivity index (χ2v) is 7.14. The number of methoxy groups -OCH3 is 4. The summed E-state index contributed by atoms with van der Waals surface area (Å²) in [4.78, 5) is 24.2. The standard InChI is InChI=1S/C20H22BrNO7/c1-11(21)19(23)22-14-8-12(6-7-15(14)25-2)20(24)29-13-9-16(26-3)18(28-5)17(10-13)27-4/h6-11H,1-5H3,(H,22,23). The van der Waals surface area contributed by atoms with Gasteiger partial charge in [-0.1, -0.05) is 15.9 Å². The molecule has 0 saturated carbocycles. The molecule has 2 aromatic carbocycles. The van der Waals surface area contributed by atoms with E-state index in [9.17, 15) is 9.59 Å². The number of benzene rings is 2. The van der Waals surface area contributed by atoms with Gasteiger partial charge in [0.15, 0.2) is 11.5 Å². The summed E-state index contributed by atoms with van der Waals surface area (Å²) in [5.74, 6) is 0.791. The molecule has 2 rings (SSSR count). The number of amides is 1. The second-order valence-electron chi connectivity index (χ2n) is 5.77. The van der Waals surface area contributed by atoms with Crippen LogP contribution in [-0.4, -0.2) is 45.1 Å². The van der Waals surface area contributed by atoms with Gasteiger partial charge in [-0.25, -0.2) is 4.79 Å². The van der Waals surface area contributed by atoms with Crippen molar-refractivity contribution in [3.63, 3.8) is 0 Å². The number of anilines is 1. The first-order valence-corrected chi connectivity index (χ1v) is 9.41. The molecule has 1 N–H and O–H groups in total. The molecule has 0 fully saturated rings. The van der Waals surface area contributed by atoms with Gasteiger partial charge in [-0.15, -0.1) is 0 Å². The van der Waals surface area contributed by atoms with Crippen molar-refractivity contribution in [3.05, 3.63) is 35.9 Å². The maximum Gasteiger partial charge on any atom is 0.343 e. The van der Waals surface area contributed by atoms with Crippen LogP contribution in [0.25, 0.3) is 0 Å². The van der Waals surface area contributed by atoms with Gasteiger partial charge in [-0.3, -0.25) is 4.79 Å². The van der Waals surface area contributed by atoms with Crippen molar-refractivity contribution < 1.29 is 33.3 Å². The largest absolute Gasteiger partial charge is 0.495 e. The van der Waals surface area contributed by atoms with Crippen LogP contribution in [0.4, 0.5) is 5.69 Å². The number of esters is 1. The van der Waals surface area contributed by atoms with Crippen molar-refractivity contribution in [3.8, 4) is 28.7 Å². The van der Waals surface area contributed by atoms with Gasteiger partial charge in [-0.05, 0) is 25.1 Å². The third kappa shape index (κ3) is 5.32. The van der Waals surface area contributed by atoms with Gasteiger partial charge in [-0.2, -0.15) is 0 Å². The molecular formula is C20H22BrNO7. The lowest BCUT2D eigenvalue weighted by Crippen LogP contribution is -2.20. The van der Waals surface area contributed by atoms with E-state index >= 15 is 0 Å². The molecule has 0 aliphatic heterocycles. The Balaban J connectivity index is 2.32. The van der Waals surface area contributed by atoms with Crippen LogP contribution in [-0.2, 0) is 4.79 Å². The Morgan fingerprint density at radius 1 is 0.897 bits per heavy atom. The zero-order valence-corrected chi connectivity index (χ0v) is 18.3. The number of hydrogen-bond acceptors (Lipinski definition) is 7. The number of halogens is 1. The number of hydrogen-bond donors (Lipinski definition) is 1. The van der Waals surface area contributed by atoms with Gasteiger partial charge in [0, 0.05) is 12.1 Å². The molecule has 0 aromatic heterocycles. The van der Waals surface area contributed by atoms with Crippen molar-refractivity contribution in [2.75, 3.05) is 33.8 Å². The molecule has 1 atom stereocenters. The molecule has 8 nitrogen and oxygen atoms in total. The van der Waals surface area contributed by atoms with Crippen LogP contribution in [0.15, 0.2) is 30.3 Å². The highest BCUT2D eigenvalue weighted by atomic mass is 79.9. The molecular weight excluding hydrogens is 446 g/mol. The van der Waals surface area contributed by atoms with E-state index in [1.54, 1.807) is 13.0 Å². The Hall–Kier alpha value is -2.94. The van der Waals surface area contributed by atoms with Crippen LogP contribution in [0.2, 0.25) is 0 Å². The fourth-order valence-electron chi connectivity index (χ4n) is 2.45. The van der Waals surface area contributed by atoms with E-state index in [1.165, 1.54) is 52.7 Å². The van der Waals surface area contributed by atoms with Gasteiger partial charge in [0.1, 0.15) is 11.5 Å². The van der Waals surface area contributed by atoms with Crippen LogP contribution >= 0.6 is 15.9 Å². The zero-order valence-electron chi connectivity index (χ0n) is 16.7. The highest BCUT2D eigenvalue weighted by molar-refractivity contribution is 9.10. The third-order valence-corrected chi connectivity index (χ3v) is 4.32. The van der Waals surface area contributed by atoms with Gasteiger partial charge >= 0.3 is 5.97 Å². The quantitative estimate of drug-likeness (QED) is 0.359. The van der Waals surface area contributed by atoms with E-state index < -0.39 is 10.8 Å². The first-order valence-electron chi connectivity index (χ1n) is 8.49. The van der Waals surface area contributed by atoms with Crippen LogP contribution in [0.3, 0.4) is 0 Å². The number of rotatable bonds is 8. The summed E-state index contributed by atoms with van der Waals surface area (Å²) in [7, 11) is 5.88. The smallest absolute Gasteiger partial charge is 0.343 e. The van der Waals surface area contributed by atoms with Gasteiger partial charge in [0.2, 0.25) is 11.7 Å². The predicted molar refractivity (Wildman–Crippen MR) is 111 cm³/mol. The van der Waals surface area contributed by atoms with Crippen molar-refractivity contribution in [2.24, 2.45) is 0 Å². The Morgan fingerprint density at radius 2 is 1.48 bits per heavy atom. The Bertz CT molecular complexity index is 873. The molecule has 0 bridgehead atoms. The summed E-state index contributed by atoms with van der Waals surface area (Å²) in [5, 5.41) is 2.70. The predicted octanol–water partition coefficient (Wildman–Crippen LogP) is 3.66. The number of ether oxygens (including phenoxy) is 5. The molecule has 0 aliphatic carbocycles. The SMILES string of the molecule is COc1ccc(C(=O)Oc2cc(OC)c(OC)c(OC)c2)cc1NC(=O)C(C)Br. The molecule has 0 radical (unpaired) electrons. The van der Waals surface area contributed by atoms with Gasteiger partial charge in [0.25, 0.3) is 0 Å². The molecule has 1 amide bonds. The fourth-order valence-corrected chi connectivity index (χ4v) is 2.56. The summed E-state index contributed by atoms with van der Waals surface area (Å²) in [6, 6.07) is 7.61. The van der Waals surface area contributed by atoms with E-state index in [0.717, 1.165) is 0 Å². The third-order valence-electron chi connectivity index (χ3n) is 3.90. The van der Waals surface area contributed by atoms with Crippen LogP contribution in [0, 0.1) is 0 Å². The molecule has 9 heteroatoms. The molecule has 1 unspecified atom stereocenters. The topological polar surface area (TPSA) is 92.3 Å². The van der Waals surface area contributed by atoms with Crippen molar-refractivity contribution in [2.45, 2.75) is 11.8 Å². The molecule has 0 aliphatic rings. The minimum atomic E-state index is -0.635.